The second kappa shape index (κ2) is 6.27. The summed E-state index contributed by atoms with van der Waals surface area (Å²) >= 11 is 0. The average molecular weight is 226 g/mol. The van der Waals surface area contributed by atoms with Gasteiger partial charge in [-0.2, -0.15) is 0 Å². The summed E-state index contributed by atoms with van der Waals surface area (Å²) in [6.07, 6.45) is -1.40. The van der Waals surface area contributed by atoms with Gasteiger partial charge in [0.1, 0.15) is 6.16 Å². The molecule has 0 aliphatic heterocycles. The lowest BCUT2D eigenvalue weighted by Gasteiger charge is -2.16. The predicted octanol–water partition coefficient (Wildman–Crippen LogP) is 0.660. The molecule has 0 atom stereocenters. The SMILES string of the molecule is COC(OC)C(=O)CP(=O)(OC)OC. The molecule has 0 aliphatic carbocycles. The van der Waals surface area contributed by atoms with Gasteiger partial charge in [-0.25, -0.2) is 0 Å². The lowest BCUT2D eigenvalue weighted by atomic mass is 10.4. The topological polar surface area (TPSA) is 71.1 Å². The van der Waals surface area contributed by atoms with E-state index in [1.165, 1.54) is 28.4 Å². The highest BCUT2D eigenvalue weighted by Gasteiger charge is 2.30. The van der Waals surface area contributed by atoms with Crippen LogP contribution in [-0.4, -0.2) is 46.7 Å². The second-order valence-electron chi connectivity index (χ2n) is 2.40. The van der Waals surface area contributed by atoms with E-state index < -0.39 is 19.7 Å². The smallest absolute Gasteiger partial charge is 0.337 e. The summed E-state index contributed by atoms with van der Waals surface area (Å²) < 4.78 is 30.1. The van der Waals surface area contributed by atoms with E-state index in [1.54, 1.807) is 0 Å². The number of hydrogen-bond acceptors (Lipinski definition) is 6. The van der Waals surface area contributed by atoms with E-state index >= 15 is 0 Å². The molecule has 7 heteroatoms. The molecule has 0 rings (SSSR count). The fourth-order valence-electron chi connectivity index (χ4n) is 0.828. The van der Waals surface area contributed by atoms with Crippen LogP contribution in [0, 0.1) is 0 Å². The van der Waals surface area contributed by atoms with E-state index in [9.17, 15) is 9.36 Å². The van der Waals surface area contributed by atoms with Gasteiger partial charge in [-0.05, 0) is 0 Å². The third-order valence-electron chi connectivity index (χ3n) is 1.60. The quantitative estimate of drug-likeness (QED) is 0.469. The molecular formula is C7H15O6P. The molecule has 0 saturated heterocycles. The Kier molecular flexibility index (Phi) is 6.15. The third kappa shape index (κ3) is 3.86. The summed E-state index contributed by atoms with van der Waals surface area (Å²) in [5.41, 5.74) is 0. The standard InChI is InChI=1S/C7H15O6P/c1-10-7(11-2)6(8)5-14(9,12-3)13-4/h7H,5H2,1-4H3. The first kappa shape index (κ1) is 13.7. The molecule has 84 valence electrons. The van der Waals surface area contributed by atoms with Crippen LogP contribution in [0.3, 0.4) is 0 Å². The molecule has 0 fully saturated rings. The van der Waals surface area contributed by atoms with E-state index in [4.69, 9.17) is 9.47 Å². The molecule has 0 heterocycles. The second-order valence-corrected chi connectivity index (χ2v) is 4.67. The summed E-state index contributed by atoms with van der Waals surface area (Å²) in [6, 6.07) is 0. The van der Waals surface area contributed by atoms with Gasteiger partial charge in [0.05, 0.1) is 0 Å². The van der Waals surface area contributed by atoms with Crippen LogP contribution in [0.5, 0.6) is 0 Å². The maximum Gasteiger partial charge on any atom is 0.337 e. The van der Waals surface area contributed by atoms with Crippen LogP contribution in [0.25, 0.3) is 0 Å². The summed E-state index contributed by atoms with van der Waals surface area (Å²) in [7, 11) is 1.73. The zero-order chi connectivity index (χ0) is 11.2. The van der Waals surface area contributed by atoms with E-state index in [0.29, 0.717) is 0 Å². The largest absolute Gasteiger partial charge is 0.349 e. The van der Waals surface area contributed by atoms with Crippen LogP contribution in [0.2, 0.25) is 0 Å². The number of rotatable bonds is 7. The number of hydrogen-bond donors (Lipinski definition) is 0. The van der Waals surface area contributed by atoms with Crippen LogP contribution in [-0.2, 0) is 27.9 Å². The first-order valence-corrected chi connectivity index (χ1v) is 5.54. The van der Waals surface area contributed by atoms with Gasteiger partial charge in [0.15, 0.2) is 0 Å². The maximum absolute atomic E-state index is 11.5. The van der Waals surface area contributed by atoms with E-state index in [1.807, 2.05) is 0 Å². The van der Waals surface area contributed by atoms with Crippen LogP contribution in [0.1, 0.15) is 0 Å². The maximum atomic E-state index is 11.5. The predicted molar refractivity (Wildman–Crippen MR) is 49.3 cm³/mol. The van der Waals surface area contributed by atoms with Crippen molar-refractivity contribution >= 4 is 13.4 Å². The lowest BCUT2D eigenvalue weighted by Crippen LogP contribution is -2.28. The minimum atomic E-state index is -3.33. The number of Topliss-reactive ketones (excluding diaryl/α,β-unsaturated/α-hetero) is 1. The van der Waals surface area contributed by atoms with Crippen molar-refractivity contribution in [3.05, 3.63) is 0 Å². The summed E-state index contributed by atoms with van der Waals surface area (Å²) in [5, 5.41) is 0. The van der Waals surface area contributed by atoms with Gasteiger partial charge in [0.25, 0.3) is 0 Å². The minimum Gasteiger partial charge on any atom is -0.349 e. The molecule has 0 radical (unpaired) electrons. The van der Waals surface area contributed by atoms with Gasteiger partial charge in [-0.3, -0.25) is 9.36 Å². The van der Waals surface area contributed by atoms with Gasteiger partial charge >= 0.3 is 7.60 Å². The fraction of sp³-hybridized carbons (Fsp3) is 0.857. The van der Waals surface area contributed by atoms with Gasteiger partial charge in [0, 0.05) is 28.4 Å². The molecule has 0 N–H and O–H groups in total. The van der Waals surface area contributed by atoms with Gasteiger partial charge in [-0.1, -0.05) is 0 Å². The number of methoxy groups -OCH3 is 2. The Labute approximate surface area is 83.0 Å². The molecule has 0 aliphatic rings. The first-order valence-electron chi connectivity index (χ1n) is 3.81. The Balaban J connectivity index is 4.36. The normalized spacial score (nSPS) is 12.1. The number of carbonyl (C=O) groups is 1. The van der Waals surface area contributed by atoms with Crippen molar-refractivity contribution in [1.82, 2.24) is 0 Å². The van der Waals surface area contributed by atoms with Crippen LogP contribution in [0.15, 0.2) is 0 Å². The number of ketones is 1. The number of ether oxygens (including phenoxy) is 2. The van der Waals surface area contributed by atoms with Crippen molar-refractivity contribution in [2.45, 2.75) is 6.29 Å². The Hall–Kier alpha value is -0.260. The molecule has 0 amide bonds. The fourth-order valence-corrected chi connectivity index (χ4v) is 1.77. The van der Waals surface area contributed by atoms with Gasteiger partial charge < -0.3 is 18.5 Å². The highest BCUT2D eigenvalue weighted by molar-refractivity contribution is 7.54. The van der Waals surface area contributed by atoms with Crippen molar-refractivity contribution < 1.29 is 27.9 Å². The Morgan fingerprint density at radius 3 is 1.86 bits per heavy atom. The van der Waals surface area contributed by atoms with Crippen molar-refractivity contribution in [2.75, 3.05) is 34.6 Å². The van der Waals surface area contributed by atoms with E-state index in [2.05, 4.69) is 9.05 Å². The Morgan fingerprint density at radius 1 is 1.14 bits per heavy atom. The molecule has 0 aromatic heterocycles. The molecular weight excluding hydrogens is 211 g/mol. The van der Waals surface area contributed by atoms with Gasteiger partial charge in [0.2, 0.25) is 12.1 Å². The Bertz CT molecular complexity index is 216. The number of carbonyl (C=O) groups excluding carboxylic acids is 1. The van der Waals surface area contributed by atoms with Crippen LogP contribution >= 0.6 is 7.60 Å². The van der Waals surface area contributed by atoms with Crippen molar-refractivity contribution in [1.29, 1.82) is 0 Å². The van der Waals surface area contributed by atoms with Crippen LogP contribution in [0.4, 0.5) is 0 Å². The molecule has 0 saturated carbocycles. The monoisotopic (exact) mass is 226 g/mol. The summed E-state index contributed by atoms with van der Waals surface area (Å²) in [6.45, 7) is 0. The molecule has 0 aromatic carbocycles. The van der Waals surface area contributed by atoms with Crippen molar-refractivity contribution in [2.24, 2.45) is 0 Å². The zero-order valence-corrected chi connectivity index (χ0v) is 9.58. The first-order chi connectivity index (χ1) is 6.52. The molecule has 6 nitrogen and oxygen atoms in total. The third-order valence-corrected chi connectivity index (χ3v) is 3.41. The van der Waals surface area contributed by atoms with Crippen LogP contribution < -0.4 is 0 Å². The zero-order valence-electron chi connectivity index (χ0n) is 8.68. The molecule has 0 bridgehead atoms. The highest BCUT2D eigenvalue weighted by Crippen LogP contribution is 2.46. The van der Waals surface area contributed by atoms with E-state index in [0.717, 1.165) is 0 Å². The van der Waals surface area contributed by atoms with E-state index in [-0.39, 0.29) is 6.16 Å². The minimum absolute atomic E-state index is 0.369. The Morgan fingerprint density at radius 2 is 1.57 bits per heavy atom. The lowest BCUT2D eigenvalue weighted by molar-refractivity contribution is -0.154. The van der Waals surface area contributed by atoms with Crippen molar-refractivity contribution in [3.63, 3.8) is 0 Å². The summed E-state index contributed by atoms with van der Waals surface area (Å²) in [4.78, 5) is 11.4. The molecule has 0 aromatic rings. The molecule has 0 spiro atoms. The highest BCUT2D eigenvalue weighted by atomic mass is 31.2. The van der Waals surface area contributed by atoms with Gasteiger partial charge in [-0.15, -0.1) is 0 Å². The van der Waals surface area contributed by atoms with Crippen molar-refractivity contribution in [3.8, 4) is 0 Å². The average Bonchev–Trinajstić information content (AvgIpc) is 2.19. The summed E-state index contributed by atoms with van der Waals surface area (Å²) in [5.74, 6) is -0.484. The molecule has 0 unspecified atom stereocenters. The molecule has 14 heavy (non-hydrogen) atoms.